The largest absolute Gasteiger partial charge is 0.459 e. The lowest BCUT2D eigenvalue weighted by Gasteiger charge is -2.30. The standard InChI is InChI=1S/C23H25N3O2/c1-23(2)14-19(17-9-5-3-6-10-17)13-21(18-11-7-4-8-12-18)26-15-20(24-25-26)16-28-22(23)27/h3-12,15,19,21H,13-14,16H2,1-2H3. The molecule has 0 fully saturated rings. The number of esters is 1. The maximum Gasteiger partial charge on any atom is 0.311 e. The molecule has 0 saturated carbocycles. The van der Waals surface area contributed by atoms with Gasteiger partial charge in [-0.25, -0.2) is 4.68 Å². The second-order valence-electron chi connectivity index (χ2n) is 8.12. The number of carbonyl (C=O) groups is 1. The van der Waals surface area contributed by atoms with E-state index in [1.807, 2.05) is 49.0 Å². The average molecular weight is 375 g/mol. The Morgan fingerprint density at radius 3 is 2.32 bits per heavy atom. The van der Waals surface area contributed by atoms with Gasteiger partial charge in [-0.05, 0) is 43.7 Å². The van der Waals surface area contributed by atoms with Crippen molar-refractivity contribution in [2.45, 2.75) is 45.3 Å². The van der Waals surface area contributed by atoms with Crippen LogP contribution in [-0.4, -0.2) is 21.0 Å². The van der Waals surface area contributed by atoms with Crippen molar-refractivity contribution in [1.82, 2.24) is 15.0 Å². The van der Waals surface area contributed by atoms with Crippen molar-refractivity contribution in [3.05, 3.63) is 83.7 Å². The summed E-state index contributed by atoms with van der Waals surface area (Å²) < 4.78 is 7.47. The van der Waals surface area contributed by atoms with E-state index >= 15 is 0 Å². The van der Waals surface area contributed by atoms with Crippen molar-refractivity contribution >= 4 is 5.97 Å². The van der Waals surface area contributed by atoms with Gasteiger partial charge in [0.05, 0.1) is 17.7 Å². The van der Waals surface area contributed by atoms with Gasteiger partial charge in [-0.15, -0.1) is 5.10 Å². The topological polar surface area (TPSA) is 57.0 Å². The van der Waals surface area contributed by atoms with E-state index in [4.69, 9.17) is 4.74 Å². The van der Waals surface area contributed by atoms with Gasteiger partial charge >= 0.3 is 5.97 Å². The highest BCUT2D eigenvalue weighted by atomic mass is 16.5. The van der Waals surface area contributed by atoms with E-state index in [1.165, 1.54) is 11.1 Å². The Labute approximate surface area is 165 Å². The zero-order valence-corrected chi connectivity index (χ0v) is 16.3. The van der Waals surface area contributed by atoms with E-state index in [0.29, 0.717) is 12.1 Å². The molecule has 3 aromatic rings. The normalized spacial score (nSPS) is 22.1. The fraction of sp³-hybridized carbons (Fsp3) is 0.348. The van der Waals surface area contributed by atoms with Gasteiger partial charge in [-0.3, -0.25) is 4.79 Å². The average Bonchev–Trinajstić information content (AvgIpc) is 3.18. The Morgan fingerprint density at radius 1 is 1.00 bits per heavy atom. The number of hydrogen-bond donors (Lipinski definition) is 0. The summed E-state index contributed by atoms with van der Waals surface area (Å²) >= 11 is 0. The lowest BCUT2D eigenvalue weighted by molar-refractivity contribution is -0.156. The second-order valence-corrected chi connectivity index (χ2v) is 8.12. The first-order valence-electron chi connectivity index (χ1n) is 9.71. The SMILES string of the molecule is CC1(C)CC(c2ccccc2)CC(c2ccccc2)n2cc(nn2)COC1=O. The highest BCUT2D eigenvalue weighted by Crippen LogP contribution is 2.40. The summed E-state index contributed by atoms with van der Waals surface area (Å²) in [5.41, 5.74) is 2.49. The third-order valence-electron chi connectivity index (χ3n) is 5.50. The quantitative estimate of drug-likeness (QED) is 0.618. The van der Waals surface area contributed by atoms with Gasteiger partial charge in [0.1, 0.15) is 12.3 Å². The van der Waals surface area contributed by atoms with Crippen LogP contribution < -0.4 is 0 Å². The molecule has 2 unspecified atom stereocenters. The molecule has 0 amide bonds. The first-order valence-corrected chi connectivity index (χ1v) is 9.71. The van der Waals surface area contributed by atoms with E-state index < -0.39 is 5.41 Å². The fourth-order valence-corrected chi connectivity index (χ4v) is 3.97. The van der Waals surface area contributed by atoms with Crippen LogP contribution in [0.25, 0.3) is 0 Å². The lowest BCUT2D eigenvalue weighted by atomic mass is 9.76. The Bertz CT molecular complexity index is 935. The van der Waals surface area contributed by atoms with Crippen LogP contribution in [0.3, 0.4) is 0 Å². The number of cyclic esters (lactones) is 1. The molecule has 5 heteroatoms. The smallest absolute Gasteiger partial charge is 0.311 e. The van der Waals surface area contributed by atoms with Crippen molar-refractivity contribution in [2.24, 2.45) is 5.41 Å². The van der Waals surface area contributed by atoms with Crippen molar-refractivity contribution in [3.8, 4) is 0 Å². The number of fused-ring (bicyclic) bond motifs is 2. The summed E-state index contributed by atoms with van der Waals surface area (Å²) in [5.74, 6) is -0.0131. The minimum absolute atomic E-state index is 0.0386. The maximum atomic E-state index is 12.7. The molecule has 0 radical (unpaired) electrons. The van der Waals surface area contributed by atoms with E-state index in [-0.39, 0.29) is 24.5 Å². The van der Waals surface area contributed by atoms with Gasteiger partial charge in [0.15, 0.2) is 0 Å². The van der Waals surface area contributed by atoms with E-state index in [1.54, 1.807) is 0 Å². The summed E-state index contributed by atoms with van der Waals surface area (Å²) in [6.07, 6.45) is 3.43. The fourth-order valence-electron chi connectivity index (χ4n) is 3.97. The molecule has 2 bridgehead atoms. The molecule has 2 atom stereocenters. The molecule has 2 heterocycles. The van der Waals surface area contributed by atoms with Gasteiger partial charge in [-0.2, -0.15) is 0 Å². The molecule has 0 saturated heterocycles. The summed E-state index contributed by atoms with van der Waals surface area (Å²) in [6.45, 7) is 4.09. The number of rotatable bonds is 2. The van der Waals surface area contributed by atoms with E-state index in [0.717, 1.165) is 6.42 Å². The van der Waals surface area contributed by atoms with Gasteiger partial charge in [0.2, 0.25) is 0 Å². The van der Waals surface area contributed by atoms with Gasteiger partial charge in [0.25, 0.3) is 0 Å². The molecule has 1 aromatic heterocycles. The predicted molar refractivity (Wildman–Crippen MR) is 107 cm³/mol. The molecule has 2 aromatic carbocycles. The van der Waals surface area contributed by atoms with Crippen molar-refractivity contribution in [1.29, 1.82) is 0 Å². The van der Waals surface area contributed by atoms with Crippen LogP contribution in [0, 0.1) is 5.41 Å². The van der Waals surface area contributed by atoms with Crippen LogP contribution in [-0.2, 0) is 16.1 Å². The zero-order chi connectivity index (χ0) is 19.6. The molecule has 4 rings (SSSR count). The molecule has 1 aliphatic heterocycles. The van der Waals surface area contributed by atoms with Crippen molar-refractivity contribution < 1.29 is 9.53 Å². The Balaban J connectivity index is 1.79. The number of hydrogen-bond acceptors (Lipinski definition) is 4. The molecular weight excluding hydrogens is 350 g/mol. The molecule has 0 spiro atoms. The molecule has 0 aliphatic carbocycles. The summed E-state index contributed by atoms with van der Waals surface area (Å²) in [4.78, 5) is 12.7. The van der Waals surface area contributed by atoms with Crippen LogP contribution in [0.4, 0.5) is 0 Å². The monoisotopic (exact) mass is 375 g/mol. The molecule has 1 aliphatic rings. The minimum Gasteiger partial charge on any atom is -0.459 e. The highest BCUT2D eigenvalue weighted by Gasteiger charge is 2.35. The van der Waals surface area contributed by atoms with Crippen molar-refractivity contribution in [2.75, 3.05) is 0 Å². The van der Waals surface area contributed by atoms with E-state index in [2.05, 4.69) is 46.7 Å². The lowest BCUT2D eigenvalue weighted by Crippen LogP contribution is -2.29. The first kappa shape index (κ1) is 18.4. The Hall–Kier alpha value is -2.95. The Kier molecular flexibility index (Phi) is 4.99. The Morgan fingerprint density at radius 2 is 1.64 bits per heavy atom. The molecular formula is C23H25N3O2. The number of carbonyl (C=O) groups excluding carboxylic acids is 1. The molecule has 144 valence electrons. The summed E-state index contributed by atoms with van der Waals surface area (Å²) in [5, 5.41) is 8.58. The van der Waals surface area contributed by atoms with Crippen LogP contribution >= 0.6 is 0 Å². The summed E-state index contributed by atoms with van der Waals surface area (Å²) in [6, 6.07) is 20.8. The van der Waals surface area contributed by atoms with Crippen LogP contribution in [0.2, 0.25) is 0 Å². The predicted octanol–water partition coefficient (Wildman–Crippen LogP) is 4.51. The highest BCUT2D eigenvalue weighted by molar-refractivity contribution is 5.76. The van der Waals surface area contributed by atoms with Crippen molar-refractivity contribution in [3.63, 3.8) is 0 Å². The molecule has 5 nitrogen and oxygen atoms in total. The number of aromatic nitrogens is 3. The second kappa shape index (κ2) is 7.58. The number of nitrogens with zero attached hydrogens (tertiary/aromatic N) is 3. The summed E-state index contributed by atoms with van der Waals surface area (Å²) in [7, 11) is 0. The maximum absolute atomic E-state index is 12.7. The van der Waals surface area contributed by atoms with Gasteiger partial charge < -0.3 is 4.74 Å². The first-order chi connectivity index (χ1) is 13.5. The third kappa shape index (κ3) is 3.84. The van der Waals surface area contributed by atoms with E-state index in [9.17, 15) is 4.79 Å². The van der Waals surface area contributed by atoms with Gasteiger partial charge in [0, 0.05) is 0 Å². The molecule has 0 N–H and O–H groups in total. The zero-order valence-electron chi connectivity index (χ0n) is 16.3. The van der Waals surface area contributed by atoms with Crippen LogP contribution in [0.15, 0.2) is 66.9 Å². The number of benzene rings is 2. The minimum atomic E-state index is -0.585. The van der Waals surface area contributed by atoms with Gasteiger partial charge in [-0.1, -0.05) is 65.9 Å². The third-order valence-corrected chi connectivity index (χ3v) is 5.50. The molecule has 28 heavy (non-hydrogen) atoms. The number of ether oxygens (including phenoxy) is 1. The van der Waals surface area contributed by atoms with Crippen LogP contribution in [0.5, 0.6) is 0 Å². The van der Waals surface area contributed by atoms with Crippen LogP contribution in [0.1, 0.15) is 55.5 Å².